The minimum Gasteiger partial charge on any atom is -0.480 e. The molecule has 0 unspecified atom stereocenters. The zero-order valence-electron chi connectivity index (χ0n) is 11.6. The highest BCUT2D eigenvalue weighted by Gasteiger charge is 2.40. The summed E-state index contributed by atoms with van der Waals surface area (Å²) >= 11 is 0. The van der Waals surface area contributed by atoms with Crippen LogP contribution in [-0.4, -0.2) is 40.3 Å². The van der Waals surface area contributed by atoms with Crippen molar-refractivity contribution in [3.63, 3.8) is 0 Å². The van der Waals surface area contributed by atoms with Crippen LogP contribution in [0.1, 0.15) is 47.0 Å². The van der Waals surface area contributed by atoms with Crippen LogP contribution >= 0.6 is 0 Å². The quantitative estimate of drug-likeness (QED) is 0.825. The second-order valence-corrected chi connectivity index (χ2v) is 5.77. The topological polar surface area (TPSA) is 66.8 Å². The molecular formula is C13H23NO4. The Bertz CT molecular complexity index is 321. The van der Waals surface area contributed by atoms with Gasteiger partial charge in [0.25, 0.3) is 0 Å². The number of nitrogens with zero attached hydrogens (tertiary/aromatic N) is 1. The number of carbonyl (C=O) groups excluding carboxylic acids is 1. The van der Waals surface area contributed by atoms with Crippen molar-refractivity contribution in [2.45, 2.75) is 58.6 Å². The largest absolute Gasteiger partial charge is 0.480 e. The Morgan fingerprint density at radius 1 is 1.39 bits per heavy atom. The third kappa shape index (κ3) is 3.62. The molecule has 5 heteroatoms. The van der Waals surface area contributed by atoms with Gasteiger partial charge in [-0.15, -0.1) is 0 Å². The molecule has 104 valence electrons. The summed E-state index contributed by atoms with van der Waals surface area (Å²) in [6, 6.07) is -0.751. The van der Waals surface area contributed by atoms with Gasteiger partial charge in [0.1, 0.15) is 11.6 Å². The van der Waals surface area contributed by atoms with Gasteiger partial charge in [-0.25, -0.2) is 9.59 Å². The van der Waals surface area contributed by atoms with Crippen LogP contribution in [0, 0.1) is 5.92 Å². The predicted octanol–water partition coefficient (Wildman–Crippen LogP) is 2.50. The number of amides is 1. The molecule has 0 bridgehead atoms. The minimum absolute atomic E-state index is 0.0174. The van der Waals surface area contributed by atoms with Gasteiger partial charge in [0.15, 0.2) is 0 Å². The summed E-state index contributed by atoms with van der Waals surface area (Å²) < 4.78 is 5.27. The van der Waals surface area contributed by atoms with E-state index in [9.17, 15) is 14.7 Å². The number of hydrogen-bond donors (Lipinski definition) is 1. The molecule has 1 N–H and O–H groups in total. The molecule has 0 aliphatic carbocycles. The number of likely N-dealkylation sites (tertiary alicyclic amines) is 1. The van der Waals surface area contributed by atoms with Gasteiger partial charge in [-0.2, -0.15) is 0 Å². The number of ether oxygens (including phenoxy) is 1. The third-order valence-corrected chi connectivity index (χ3v) is 3.16. The van der Waals surface area contributed by atoms with Gasteiger partial charge in [-0.3, -0.25) is 4.90 Å². The maximum absolute atomic E-state index is 12.0. The van der Waals surface area contributed by atoms with E-state index in [1.807, 2.05) is 6.92 Å². The van der Waals surface area contributed by atoms with Crippen LogP contribution in [0.5, 0.6) is 0 Å². The third-order valence-electron chi connectivity index (χ3n) is 3.16. The molecule has 0 aromatic heterocycles. The number of carbonyl (C=O) groups is 2. The molecule has 0 radical (unpaired) electrons. The summed E-state index contributed by atoms with van der Waals surface area (Å²) in [6.07, 6.45) is 1.93. The Kier molecular flexibility index (Phi) is 4.59. The molecule has 1 fully saturated rings. The molecule has 1 heterocycles. The molecule has 1 saturated heterocycles. The standard InChI is InChI=1S/C13H23NO4/c1-5-9-7-6-8-14(10(9)11(15)16)12(17)18-13(2,3)4/h9-10H,5-8H2,1-4H3,(H,15,16)/t9-,10-/m0/s1. The Morgan fingerprint density at radius 3 is 2.44 bits per heavy atom. The van der Waals surface area contributed by atoms with Crippen molar-refractivity contribution < 1.29 is 19.4 Å². The zero-order valence-corrected chi connectivity index (χ0v) is 11.6. The Hall–Kier alpha value is -1.26. The van der Waals surface area contributed by atoms with Crippen molar-refractivity contribution in [2.24, 2.45) is 5.92 Å². The fourth-order valence-electron chi connectivity index (χ4n) is 2.36. The van der Waals surface area contributed by atoms with E-state index >= 15 is 0 Å². The Morgan fingerprint density at radius 2 is 2.00 bits per heavy atom. The summed E-state index contributed by atoms with van der Waals surface area (Å²) in [5.41, 5.74) is -0.598. The van der Waals surface area contributed by atoms with E-state index in [1.165, 1.54) is 4.90 Å². The molecule has 0 aromatic rings. The molecule has 18 heavy (non-hydrogen) atoms. The second-order valence-electron chi connectivity index (χ2n) is 5.77. The average Bonchev–Trinajstić information content (AvgIpc) is 2.25. The van der Waals surface area contributed by atoms with Gasteiger partial charge in [0.2, 0.25) is 0 Å². The van der Waals surface area contributed by atoms with Gasteiger partial charge in [-0.1, -0.05) is 13.3 Å². The fraction of sp³-hybridized carbons (Fsp3) is 0.846. The highest BCUT2D eigenvalue weighted by atomic mass is 16.6. The van der Waals surface area contributed by atoms with Crippen molar-refractivity contribution in [3.05, 3.63) is 0 Å². The molecule has 1 aliphatic heterocycles. The summed E-state index contributed by atoms with van der Waals surface area (Å²) in [7, 11) is 0. The normalized spacial score (nSPS) is 24.8. The molecule has 1 rings (SSSR count). The number of rotatable bonds is 2. The van der Waals surface area contributed by atoms with Gasteiger partial charge in [-0.05, 0) is 39.5 Å². The van der Waals surface area contributed by atoms with Crippen molar-refractivity contribution in [2.75, 3.05) is 6.54 Å². The smallest absolute Gasteiger partial charge is 0.411 e. The molecule has 2 atom stereocenters. The lowest BCUT2D eigenvalue weighted by Crippen LogP contribution is -2.53. The van der Waals surface area contributed by atoms with E-state index in [0.717, 1.165) is 19.3 Å². The first-order valence-corrected chi connectivity index (χ1v) is 6.48. The zero-order chi connectivity index (χ0) is 13.9. The van der Waals surface area contributed by atoms with Crippen molar-refractivity contribution in [3.8, 4) is 0 Å². The van der Waals surface area contributed by atoms with Crippen LogP contribution in [0.25, 0.3) is 0 Å². The van der Waals surface area contributed by atoms with Crippen molar-refractivity contribution in [1.29, 1.82) is 0 Å². The summed E-state index contributed by atoms with van der Waals surface area (Å²) in [4.78, 5) is 24.8. The van der Waals surface area contributed by atoms with E-state index in [0.29, 0.717) is 6.54 Å². The fourth-order valence-corrected chi connectivity index (χ4v) is 2.36. The lowest BCUT2D eigenvalue weighted by Gasteiger charge is -2.38. The van der Waals surface area contributed by atoms with Crippen molar-refractivity contribution in [1.82, 2.24) is 4.90 Å². The number of aliphatic carboxylic acids is 1. The summed E-state index contributed by atoms with van der Waals surface area (Å²) in [5.74, 6) is -0.920. The molecule has 1 amide bonds. The highest BCUT2D eigenvalue weighted by Crippen LogP contribution is 2.28. The van der Waals surface area contributed by atoms with E-state index < -0.39 is 23.7 Å². The van der Waals surface area contributed by atoms with E-state index in [1.54, 1.807) is 20.8 Å². The summed E-state index contributed by atoms with van der Waals surface area (Å²) in [6.45, 7) is 7.76. The van der Waals surface area contributed by atoms with Crippen LogP contribution in [0.15, 0.2) is 0 Å². The minimum atomic E-state index is -0.938. The molecule has 0 saturated carbocycles. The first kappa shape index (κ1) is 14.8. The maximum atomic E-state index is 12.0. The predicted molar refractivity (Wildman–Crippen MR) is 67.4 cm³/mol. The van der Waals surface area contributed by atoms with Crippen molar-refractivity contribution >= 4 is 12.1 Å². The molecule has 5 nitrogen and oxygen atoms in total. The number of carboxylic acids is 1. The van der Waals surface area contributed by atoms with Crippen LogP contribution in [0.2, 0.25) is 0 Å². The molecule has 0 spiro atoms. The van der Waals surface area contributed by atoms with Crippen LogP contribution < -0.4 is 0 Å². The SMILES string of the molecule is CC[C@H]1CCCN(C(=O)OC(C)(C)C)[C@@H]1C(=O)O. The molecular weight excluding hydrogens is 234 g/mol. The number of carboxylic acid groups (broad SMARTS) is 1. The second kappa shape index (κ2) is 5.59. The van der Waals surface area contributed by atoms with Gasteiger partial charge in [0, 0.05) is 6.54 Å². The molecule has 1 aliphatic rings. The van der Waals surface area contributed by atoms with Gasteiger partial charge in [0.05, 0.1) is 0 Å². The lowest BCUT2D eigenvalue weighted by molar-refractivity contribution is -0.147. The number of hydrogen-bond acceptors (Lipinski definition) is 3. The van der Waals surface area contributed by atoms with E-state index in [-0.39, 0.29) is 5.92 Å². The molecule has 0 aromatic carbocycles. The maximum Gasteiger partial charge on any atom is 0.411 e. The van der Waals surface area contributed by atoms with E-state index in [2.05, 4.69) is 0 Å². The lowest BCUT2D eigenvalue weighted by atomic mass is 9.87. The van der Waals surface area contributed by atoms with Gasteiger partial charge >= 0.3 is 12.1 Å². The van der Waals surface area contributed by atoms with Gasteiger partial charge < -0.3 is 9.84 Å². The van der Waals surface area contributed by atoms with E-state index in [4.69, 9.17) is 4.74 Å². The summed E-state index contributed by atoms with van der Waals surface area (Å²) in [5, 5.41) is 9.31. The monoisotopic (exact) mass is 257 g/mol. The Balaban J connectivity index is 2.83. The first-order valence-electron chi connectivity index (χ1n) is 6.48. The highest BCUT2D eigenvalue weighted by molar-refractivity contribution is 5.80. The van der Waals surface area contributed by atoms with Crippen LogP contribution in [-0.2, 0) is 9.53 Å². The number of piperidine rings is 1. The average molecular weight is 257 g/mol. The Labute approximate surface area is 108 Å². The van der Waals surface area contributed by atoms with Crippen LogP contribution in [0.3, 0.4) is 0 Å². The van der Waals surface area contributed by atoms with Crippen LogP contribution in [0.4, 0.5) is 4.79 Å². The first-order chi connectivity index (χ1) is 8.26.